The highest BCUT2D eigenvalue weighted by Gasteiger charge is 2.17. The summed E-state index contributed by atoms with van der Waals surface area (Å²) in [4.78, 5) is 16.7. The molecule has 33 heavy (non-hydrogen) atoms. The van der Waals surface area contributed by atoms with Crippen molar-refractivity contribution in [3.63, 3.8) is 0 Å². The summed E-state index contributed by atoms with van der Waals surface area (Å²) >= 11 is 7.33. The number of rotatable bonds is 9. The first-order valence-corrected chi connectivity index (χ1v) is 11.7. The summed E-state index contributed by atoms with van der Waals surface area (Å²) in [5, 5.41) is 12.9. The summed E-state index contributed by atoms with van der Waals surface area (Å²) in [5.74, 6) is 1.52. The summed E-state index contributed by atoms with van der Waals surface area (Å²) in [5.41, 5.74) is 2.64. The second kappa shape index (κ2) is 11.0. The van der Waals surface area contributed by atoms with Gasteiger partial charge in [0.1, 0.15) is 5.75 Å². The van der Waals surface area contributed by atoms with Crippen LogP contribution in [0.5, 0.6) is 5.75 Å². The molecule has 1 N–H and O–H groups in total. The smallest absolute Gasteiger partial charge is 0.230 e. The first kappa shape index (κ1) is 22.8. The highest BCUT2D eigenvalue weighted by atomic mass is 35.5. The quantitative estimate of drug-likeness (QED) is 0.347. The maximum atomic E-state index is 12.5. The average molecular weight is 480 g/mol. The number of nitrogens with zero attached hydrogens (tertiary/aromatic N) is 4. The Hall–Kier alpha value is -3.36. The summed E-state index contributed by atoms with van der Waals surface area (Å²) in [7, 11) is 0. The van der Waals surface area contributed by atoms with Gasteiger partial charge in [0.2, 0.25) is 5.91 Å². The SMILES string of the molecule is CCOc1ccc(-n2c(SCC(=O)NCc3cccc(Cl)c3)nnc2-c2cccnc2)cc1. The van der Waals surface area contributed by atoms with Gasteiger partial charge in [0.05, 0.1) is 12.4 Å². The molecule has 2 aromatic heterocycles. The van der Waals surface area contributed by atoms with Crippen LogP contribution >= 0.6 is 23.4 Å². The largest absolute Gasteiger partial charge is 0.494 e. The predicted octanol–water partition coefficient (Wildman–Crippen LogP) is 4.79. The molecule has 0 bridgehead atoms. The van der Waals surface area contributed by atoms with Crippen LogP contribution in [0.15, 0.2) is 78.2 Å². The Morgan fingerprint density at radius 2 is 1.97 bits per heavy atom. The van der Waals surface area contributed by atoms with Crippen molar-refractivity contribution in [2.45, 2.75) is 18.6 Å². The van der Waals surface area contributed by atoms with Crippen molar-refractivity contribution < 1.29 is 9.53 Å². The fourth-order valence-corrected chi connectivity index (χ4v) is 4.16. The number of hydrogen-bond acceptors (Lipinski definition) is 6. The molecule has 0 atom stereocenters. The standard InChI is InChI=1S/C24H22ClN5O2S/c1-2-32-21-10-8-20(9-11-21)30-23(18-6-4-12-26-15-18)28-29-24(30)33-16-22(31)27-14-17-5-3-7-19(25)13-17/h3-13,15H,2,14,16H2,1H3,(H,27,31). The lowest BCUT2D eigenvalue weighted by molar-refractivity contribution is -0.118. The van der Waals surface area contributed by atoms with Crippen LogP contribution in [0, 0.1) is 0 Å². The van der Waals surface area contributed by atoms with Crippen LogP contribution in [-0.2, 0) is 11.3 Å². The third-order valence-electron chi connectivity index (χ3n) is 4.67. The molecule has 0 aliphatic heterocycles. The molecule has 0 spiro atoms. The Morgan fingerprint density at radius 3 is 2.70 bits per heavy atom. The van der Waals surface area contributed by atoms with E-state index < -0.39 is 0 Å². The number of aromatic nitrogens is 4. The van der Waals surface area contributed by atoms with Crippen LogP contribution in [0.3, 0.4) is 0 Å². The molecule has 0 aliphatic carbocycles. The first-order chi connectivity index (χ1) is 16.1. The van der Waals surface area contributed by atoms with Gasteiger partial charge in [0.15, 0.2) is 11.0 Å². The molecule has 0 aliphatic rings. The molecule has 2 heterocycles. The second-order valence-electron chi connectivity index (χ2n) is 7.01. The third-order valence-corrected chi connectivity index (χ3v) is 5.83. The van der Waals surface area contributed by atoms with Gasteiger partial charge in [-0.25, -0.2) is 0 Å². The van der Waals surface area contributed by atoms with Crippen LogP contribution in [0.25, 0.3) is 17.1 Å². The number of pyridine rings is 1. The van der Waals surface area contributed by atoms with E-state index in [1.165, 1.54) is 11.8 Å². The predicted molar refractivity (Wildman–Crippen MR) is 130 cm³/mol. The van der Waals surface area contributed by atoms with Gasteiger partial charge >= 0.3 is 0 Å². The maximum absolute atomic E-state index is 12.5. The fraction of sp³-hybridized carbons (Fsp3) is 0.167. The van der Waals surface area contributed by atoms with Crippen molar-refractivity contribution in [2.75, 3.05) is 12.4 Å². The molecule has 9 heteroatoms. The van der Waals surface area contributed by atoms with Crippen LogP contribution in [-0.4, -0.2) is 38.0 Å². The highest BCUT2D eigenvalue weighted by molar-refractivity contribution is 7.99. The van der Waals surface area contributed by atoms with Gasteiger partial charge in [-0.3, -0.25) is 14.3 Å². The van der Waals surface area contributed by atoms with Crippen molar-refractivity contribution in [3.05, 3.63) is 83.6 Å². The average Bonchev–Trinajstić information content (AvgIpc) is 3.27. The zero-order valence-corrected chi connectivity index (χ0v) is 19.5. The van der Waals surface area contributed by atoms with Gasteiger partial charge in [0, 0.05) is 35.2 Å². The minimum absolute atomic E-state index is 0.107. The number of amides is 1. The summed E-state index contributed by atoms with van der Waals surface area (Å²) in [6, 6.07) is 18.9. The number of hydrogen-bond donors (Lipinski definition) is 1. The first-order valence-electron chi connectivity index (χ1n) is 10.4. The molecule has 0 saturated heterocycles. The highest BCUT2D eigenvalue weighted by Crippen LogP contribution is 2.28. The Morgan fingerprint density at radius 1 is 1.12 bits per heavy atom. The van der Waals surface area contributed by atoms with Gasteiger partial charge in [-0.1, -0.05) is 35.5 Å². The van der Waals surface area contributed by atoms with Crippen molar-refractivity contribution in [1.82, 2.24) is 25.1 Å². The second-order valence-corrected chi connectivity index (χ2v) is 8.38. The van der Waals surface area contributed by atoms with E-state index in [-0.39, 0.29) is 11.7 Å². The Bertz CT molecular complexity index is 1220. The number of ether oxygens (including phenoxy) is 1. The number of carbonyl (C=O) groups is 1. The lowest BCUT2D eigenvalue weighted by Crippen LogP contribution is -2.24. The molecule has 7 nitrogen and oxygen atoms in total. The van der Waals surface area contributed by atoms with E-state index in [9.17, 15) is 4.79 Å². The van der Waals surface area contributed by atoms with E-state index in [4.69, 9.17) is 16.3 Å². The summed E-state index contributed by atoms with van der Waals surface area (Å²) in [6.45, 7) is 2.95. The maximum Gasteiger partial charge on any atom is 0.230 e. The summed E-state index contributed by atoms with van der Waals surface area (Å²) < 4.78 is 7.47. The molecule has 0 saturated carbocycles. The molecule has 0 radical (unpaired) electrons. The van der Waals surface area contributed by atoms with Crippen LogP contribution in [0.2, 0.25) is 5.02 Å². The number of carbonyl (C=O) groups excluding carboxylic acids is 1. The molecule has 4 rings (SSSR count). The third kappa shape index (κ3) is 5.91. The molecule has 4 aromatic rings. The topological polar surface area (TPSA) is 81.9 Å². The molecule has 1 amide bonds. The van der Waals surface area contributed by atoms with Crippen LogP contribution in [0.4, 0.5) is 0 Å². The van der Waals surface area contributed by atoms with E-state index in [0.29, 0.717) is 29.2 Å². The lowest BCUT2D eigenvalue weighted by Gasteiger charge is -2.11. The van der Waals surface area contributed by atoms with Gasteiger partial charge in [-0.2, -0.15) is 0 Å². The summed E-state index contributed by atoms with van der Waals surface area (Å²) in [6.07, 6.45) is 3.45. The number of halogens is 1. The van der Waals surface area contributed by atoms with Crippen molar-refractivity contribution in [2.24, 2.45) is 0 Å². The monoisotopic (exact) mass is 479 g/mol. The zero-order valence-electron chi connectivity index (χ0n) is 17.9. The number of benzene rings is 2. The van der Waals surface area contributed by atoms with Gasteiger partial charge < -0.3 is 10.1 Å². The molecule has 0 fully saturated rings. The van der Waals surface area contributed by atoms with Gasteiger partial charge in [-0.15, -0.1) is 10.2 Å². The molecule has 0 unspecified atom stereocenters. The minimum Gasteiger partial charge on any atom is -0.494 e. The Balaban J connectivity index is 1.52. The van der Waals surface area contributed by atoms with E-state index in [1.54, 1.807) is 18.5 Å². The molecule has 168 valence electrons. The van der Waals surface area contributed by atoms with Crippen LogP contribution in [0.1, 0.15) is 12.5 Å². The van der Waals surface area contributed by atoms with Crippen LogP contribution < -0.4 is 10.1 Å². The fourth-order valence-electron chi connectivity index (χ4n) is 3.16. The molecule has 2 aromatic carbocycles. The lowest BCUT2D eigenvalue weighted by atomic mass is 10.2. The van der Waals surface area contributed by atoms with Crippen molar-refractivity contribution in [1.29, 1.82) is 0 Å². The Kier molecular flexibility index (Phi) is 7.59. The van der Waals surface area contributed by atoms with E-state index >= 15 is 0 Å². The van der Waals surface area contributed by atoms with Gasteiger partial charge in [-0.05, 0) is 61.0 Å². The molecular weight excluding hydrogens is 458 g/mol. The number of thioether (sulfide) groups is 1. The minimum atomic E-state index is -0.107. The van der Waals surface area contributed by atoms with E-state index in [1.807, 2.05) is 66.1 Å². The van der Waals surface area contributed by atoms with Gasteiger partial charge in [0.25, 0.3) is 0 Å². The molecular formula is C24H22ClN5O2S. The zero-order chi connectivity index (χ0) is 23.0. The van der Waals surface area contributed by atoms with Crippen molar-refractivity contribution >= 4 is 29.3 Å². The van der Waals surface area contributed by atoms with E-state index in [0.717, 1.165) is 22.6 Å². The normalized spacial score (nSPS) is 10.7. The number of nitrogens with one attached hydrogen (secondary N) is 1. The van der Waals surface area contributed by atoms with Crippen molar-refractivity contribution in [3.8, 4) is 22.8 Å². The Labute approximate surface area is 201 Å². The van der Waals surface area contributed by atoms with E-state index in [2.05, 4.69) is 20.5 Å².